The molecule has 0 radical (unpaired) electrons. The smallest absolute Gasteiger partial charge is 0.262 e. The van der Waals surface area contributed by atoms with Crippen molar-refractivity contribution in [3.05, 3.63) is 52.0 Å². The molecule has 0 bridgehead atoms. The highest BCUT2D eigenvalue weighted by Gasteiger charge is 2.08. The number of carbonyl (C=O) groups is 1. The number of hydrogen-bond acceptors (Lipinski definition) is 3. The van der Waals surface area contributed by atoms with Crippen LogP contribution in [0.4, 0.5) is 5.69 Å². The van der Waals surface area contributed by atoms with Crippen molar-refractivity contribution < 1.29 is 14.6 Å². The van der Waals surface area contributed by atoms with Gasteiger partial charge in [-0.15, -0.1) is 0 Å². The Balaban J connectivity index is 1.98. The molecule has 1 amide bonds. The van der Waals surface area contributed by atoms with Gasteiger partial charge in [-0.25, -0.2) is 0 Å². The zero-order valence-corrected chi connectivity index (χ0v) is 13.4. The van der Waals surface area contributed by atoms with Gasteiger partial charge in [0.05, 0.1) is 4.47 Å². The number of halogens is 1. The standard InChI is InChI=1S/C16H16BrNO3/c1-10-5-3-4-6-14(10)21-9-15(19)18-12-7-11(2)16(20)13(17)8-12/h3-8,20H,9H2,1-2H3,(H,18,19). The fourth-order valence-corrected chi connectivity index (χ4v) is 2.43. The number of nitrogens with one attached hydrogen (secondary N) is 1. The lowest BCUT2D eigenvalue weighted by Crippen LogP contribution is -2.20. The normalized spacial score (nSPS) is 10.2. The highest BCUT2D eigenvalue weighted by molar-refractivity contribution is 9.10. The molecule has 0 saturated carbocycles. The Labute approximate surface area is 131 Å². The molecule has 5 heteroatoms. The van der Waals surface area contributed by atoms with E-state index in [2.05, 4.69) is 21.2 Å². The summed E-state index contributed by atoms with van der Waals surface area (Å²) in [5, 5.41) is 12.4. The van der Waals surface area contributed by atoms with E-state index in [4.69, 9.17) is 4.74 Å². The van der Waals surface area contributed by atoms with Crippen LogP contribution < -0.4 is 10.1 Å². The lowest BCUT2D eigenvalue weighted by molar-refractivity contribution is -0.118. The summed E-state index contributed by atoms with van der Waals surface area (Å²) in [4.78, 5) is 11.9. The lowest BCUT2D eigenvalue weighted by atomic mass is 10.2. The van der Waals surface area contributed by atoms with Crippen LogP contribution in [0.3, 0.4) is 0 Å². The molecule has 0 atom stereocenters. The van der Waals surface area contributed by atoms with E-state index in [1.807, 2.05) is 31.2 Å². The van der Waals surface area contributed by atoms with Gasteiger partial charge in [-0.1, -0.05) is 18.2 Å². The van der Waals surface area contributed by atoms with Crippen LogP contribution in [0.25, 0.3) is 0 Å². The summed E-state index contributed by atoms with van der Waals surface area (Å²) in [6.45, 7) is 3.62. The van der Waals surface area contributed by atoms with Gasteiger partial charge in [0.15, 0.2) is 6.61 Å². The Hall–Kier alpha value is -2.01. The van der Waals surface area contributed by atoms with Gasteiger partial charge < -0.3 is 15.2 Å². The van der Waals surface area contributed by atoms with Crippen LogP contribution in [0.5, 0.6) is 11.5 Å². The molecule has 0 aromatic heterocycles. The zero-order chi connectivity index (χ0) is 15.4. The molecule has 2 N–H and O–H groups in total. The number of phenols is 1. The first kappa shape index (κ1) is 15.4. The second-order valence-corrected chi connectivity index (χ2v) is 5.58. The van der Waals surface area contributed by atoms with E-state index in [1.54, 1.807) is 19.1 Å². The summed E-state index contributed by atoms with van der Waals surface area (Å²) in [5.74, 6) is 0.607. The molecule has 110 valence electrons. The highest BCUT2D eigenvalue weighted by Crippen LogP contribution is 2.30. The molecule has 0 aliphatic heterocycles. The van der Waals surface area contributed by atoms with Gasteiger partial charge in [-0.05, 0) is 59.1 Å². The number of carbonyl (C=O) groups excluding carboxylic acids is 1. The van der Waals surface area contributed by atoms with Crippen molar-refractivity contribution in [3.8, 4) is 11.5 Å². The predicted molar refractivity (Wildman–Crippen MR) is 85.8 cm³/mol. The number of anilines is 1. The summed E-state index contributed by atoms with van der Waals surface area (Å²) in [6, 6.07) is 10.9. The van der Waals surface area contributed by atoms with Crippen LogP contribution >= 0.6 is 15.9 Å². The minimum Gasteiger partial charge on any atom is -0.506 e. The fourth-order valence-electron chi connectivity index (χ4n) is 1.87. The average Bonchev–Trinajstić information content (AvgIpc) is 2.44. The van der Waals surface area contributed by atoms with Crippen LogP contribution in [0.15, 0.2) is 40.9 Å². The molecule has 0 spiro atoms. The van der Waals surface area contributed by atoms with Crippen molar-refractivity contribution in [1.82, 2.24) is 0 Å². The molecule has 2 aromatic carbocycles. The number of aromatic hydroxyl groups is 1. The van der Waals surface area contributed by atoms with E-state index < -0.39 is 0 Å². The van der Waals surface area contributed by atoms with Gasteiger partial charge in [0.1, 0.15) is 11.5 Å². The summed E-state index contributed by atoms with van der Waals surface area (Å²) in [7, 11) is 0. The van der Waals surface area contributed by atoms with E-state index in [1.165, 1.54) is 0 Å². The van der Waals surface area contributed by atoms with Gasteiger partial charge in [0, 0.05) is 5.69 Å². The van der Waals surface area contributed by atoms with Gasteiger partial charge in [-0.2, -0.15) is 0 Å². The zero-order valence-electron chi connectivity index (χ0n) is 11.8. The molecule has 2 rings (SSSR count). The summed E-state index contributed by atoms with van der Waals surface area (Å²) < 4.78 is 6.02. The molecule has 2 aromatic rings. The van der Waals surface area contributed by atoms with Crippen LogP contribution in [-0.2, 0) is 4.79 Å². The maximum absolute atomic E-state index is 11.9. The molecule has 0 saturated heterocycles. The maximum atomic E-state index is 11.9. The van der Waals surface area contributed by atoms with Crippen molar-refractivity contribution in [2.75, 3.05) is 11.9 Å². The third kappa shape index (κ3) is 3.98. The monoisotopic (exact) mass is 349 g/mol. The Bertz CT molecular complexity index is 647. The maximum Gasteiger partial charge on any atom is 0.262 e. The van der Waals surface area contributed by atoms with Crippen molar-refractivity contribution in [3.63, 3.8) is 0 Å². The van der Waals surface area contributed by atoms with Crippen LogP contribution in [0, 0.1) is 13.8 Å². The van der Waals surface area contributed by atoms with E-state index in [-0.39, 0.29) is 18.3 Å². The molecule has 0 unspecified atom stereocenters. The van der Waals surface area contributed by atoms with E-state index >= 15 is 0 Å². The number of para-hydroxylation sites is 1. The molecule has 0 aliphatic carbocycles. The van der Waals surface area contributed by atoms with Gasteiger partial charge >= 0.3 is 0 Å². The predicted octanol–water partition coefficient (Wildman–Crippen LogP) is 3.79. The second kappa shape index (κ2) is 6.63. The first-order valence-electron chi connectivity index (χ1n) is 6.45. The summed E-state index contributed by atoms with van der Waals surface area (Å²) >= 11 is 3.24. The average molecular weight is 350 g/mol. The van der Waals surface area contributed by atoms with Crippen molar-refractivity contribution >= 4 is 27.5 Å². The molecule has 0 fully saturated rings. The number of rotatable bonds is 4. The van der Waals surface area contributed by atoms with Gasteiger partial charge in [-0.3, -0.25) is 4.79 Å². The minimum absolute atomic E-state index is 0.0671. The SMILES string of the molecule is Cc1ccccc1OCC(=O)Nc1cc(C)c(O)c(Br)c1. The third-order valence-electron chi connectivity index (χ3n) is 2.99. The number of phenolic OH excluding ortho intramolecular Hbond substituents is 1. The second-order valence-electron chi connectivity index (χ2n) is 4.73. The number of hydrogen-bond donors (Lipinski definition) is 2. The molecule has 0 heterocycles. The Morgan fingerprint density at radius 3 is 2.62 bits per heavy atom. The quantitative estimate of drug-likeness (QED) is 0.825. The Morgan fingerprint density at radius 1 is 1.24 bits per heavy atom. The number of ether oxygens (including phenoxy) is 1. The van der Waals surface area contributed by atoms with Crippen molar-refractivity contribution in [2.45, 2.75) is 13.8 Å². The lowest BCUT2D eigenvalue weighted by Gasteiger charge is -2.11. The van der Waals surface area contributed by atoms with E-state index in [0.717, 1.165) is 5.56 Å². The summed E-state index contributed by atoms with van der Waals surface area (Å²) in [6.07, 6.45) is 0. The molecule has 0 aliphatic rings. The third-order valence-corrected chi connectivity index (χ3v) is 3.59. The number of amides is 1. The van der Waals surface area contributed by atoms with Crippen molar-refractivity contribution in [1.29, 1.82) is 0 Å². The van der Waals surface area contributed by atoms with Crippen LogP contribution in [0.2, 0.25) is 0 Å². The number of aryl methyl sites for hydroxylation is 2. The molecule has 4 nitrogen and oxygen atoms in total. The van der Waals surface area contributed by atoms with Gasteiger partial charge in [0.2, 0.25) is 0 Å². The van der Waals surface area contributed by atoms with E-state index in [9.17, 15) is 9.90 Å². The van der Waals surface area contributed by atoms with Crippen molar-refractivity contribution in [2.24, 2.45) is 0 Å². The topological polar surface area (TPSA) is 58.6 Å². The Morgan fingerprint density at radius 2 is 1.95 bits per heavy atom. The fraction of sp³-hybridized carbons (Fsp3) is 0.188. The molecule has 21 heavy (non-hydrogen) atoms. The number of benzene rings is 2. The summed E-state index contributed by atoms with van der Waals surface area (Å²) in [5.41, 5.74) is 2.27. The van der Waals surface area contributed by atoms with Crippen LogP contribution in [-0.4, -0.2) is 17.6 Å². The minimum atomic E-state index is -0.254. The first-order valence-corrected chi connectivity index (χ1v) is 7.24. The Kier molecular flexibility index (Phi) is 4.85. The van der Waals surface area contributed by atoms with E-state index in [0.29, 0.717) is 21.5 Å². The van der Waals surface area contributed by atoms with Gasteiger partial charge in [0.25, 0.3) is 5.91 Å². The first-order chi connectivity index (χ1) is 9.97. The largest absolute Gasteiger partial charge is 0.506 e. The molecular weight excluding hydrogens is 334 g/mol. The van der Waals surface area contributed by atoms with Crippen LogP contribution in [0.1, 0.15) is 11.1 Å². The highest BCUT2D eigenvalue weighted by atomic mass is 79.9. The molecular formula is C16H16BrNO3.